The molecule has 1 N–H and O–H groups in total. The molecule has 96 valence electrons. The molecule has 0 bridgehead atoms. The minimum absolute atomic E-state index is 0.0363. The van der Waals surface area contributed by atoms with Crippen LogP contribution >= 0.6 is 11.3 Å². The normalized spacial score (nSPS) is 10.6. The number of aliphatic hydroxyl groups is 1. The first kappa shape index (κ1) is 13.1. The van der Waals surface area contributed by atoms with E-state index in [2.05, 4.69) is 11.9 Å². The number of ether oxygens (including phenoxy) is 1. The largest absolute Gasteiger partial charge is 0.487 e. The molecule has 0 amide bonds. The summed E-state index contributed by atoms with van der Waals surface area (Å²) >= 11 is 1.69. The number of aromatic nitrogens is 1. The zero-order valence-corrected chi connectivity index (χ0v) is 11.2. The van der Waals surface area contributed by atoms with Gasteiger partial charge in [0.25, 0.3) is 0 Å². The van der Waals surface area contributed by atoms with Gasteiger partial charge in [0.15, 0.2) is 0 Å². The molecule has 1 aromatic carbocycles. The Hall–Kier alpha value is -1.39. The van der Waals surface area contributed by atoms with Crippen molar-refractivity contribution in [3.63, 3.8) is 0 Å². The van der Waals surface area contributed by atoms with Crippen molar-refractivity contribution >= 4 is 11.3 Å². The Morgan fingerprint density at radius 1 is 1.39 bits per heavy atom. The molecule has 0 saturated carbocycles. The van der Waals surface area contributed by atoms with Crippen molar-refractivity contribution < 1.29 is 9.84 Å². The smallest absolute Gasteiger partial charge is 0.131 e. The molecule has 2 rings (SSSR count). The van der Waals surface area contributed by atoms with Crippen LogP contribution in [0.4, 0.5) is 0 Å². The average Bonchev–Trinajstić information content (AvgIpc) is 2.85. The third kappa shape index (κ3) is 3.55. The lowest BCUT2D eigenvalue weighted by Crippen LogP contribution is -1.97. The van der Waals surface area contributed by atoms with E-state index < -0.39 is 0 Å². The molecule has 2 aromatic rings. The molecule has 0 radical (unpaired) electrons. The highest BCUT2D eigenvalue weighted by Gasteiger charge is 2.02. The molecule has 0 saturated heterocycles. The zero-order valence-electron chi connectivity index (χ0n) is 10.4. The van der Waals surface area contributed by atoms with Gasteiger partial charge in [-0.1, -0.05) is 19.1 Å². The van der Waals surface area contributed by atoms with Crippen LogP contribution in [-0.4, -0.2) is 10.1 Å². The summed E-state index contributed by atoms with van der Waals surface area (Å²) in [4.78, 5) is 4.50. The van der Waals surface area contributed by atoms with E-state index in [4.69, 9.17) is 9.84 Å². The lowest BCUT2D eigenvalue weighted by atomic mass is 10.2. The molecular weight excluding hydrogens is 246 g/mol. The number of rotatable bonds is 6. The number of aliphatic hydroxyl groups excluding tert-OH is 1. The molecule has 0 aliphatic heterocycles. The zero-order chi connectivity index (χ0) is 12.8. The Bertz CT molecular complexity index is 496. The van der Waals surface area contributed by atoms with Crippen LogP contribution in [0.1, 0.15) is 29.6 Å². The number of nitrogens with zero attached hydrogens (tertiary/aromatic N) is 1. The van der Waals surface area contributed by atoms with Crippen LogP contribution in [0.5, 0.6) is 5.75 Å². The first-order valence-electron chi connectivity index (χ1n) is 6.07. The highest BCUT2D eigenvalue weighted by molar-refractivity contribution is 7.09. The van der Waals surface area contributed by atoms with Crippen molar-refractivity contribution in [3.8, 4) is 5.75 Å². The quantitative estimate of drug-likeness (QED) is 0.870. The van der Waals surface area contributed by atoms with Crippen LogP contribution in [-0.2, 0) is 19.6 Å². The van der Waals surface area contributed by atoms with E-state index in [9.17, 15) is 0 Å². The van der Waals surface area contributed by atoms with Gasteiger partial charge in [0.1, 0.15) is 12.4 Å². The number of aryl methyl sites for hydroxylation is 1. The Morgan fingerprint density at radius 3 is 3.06 bits per heavy atom. The third-order valence-electron chi connectivity index (χ3n) is 2.53. The second-order valence-electron chi connectivity index (χ2n) is 4.08. The van der Waals surface area contributed by atoms with Crippen molar-refractivity contribution in [2.24, 2.45) is 0 Å². The molecule has 0 atom stereocenters. The van der Waals surface area contributed by atoms with Gasteiger partial charge >= 0.3 is 0 Å². The van der Waals surface area contributed by atoms with Gasteiger partial charge in [-0.3, -0.25) is 0 Å². The van der Waals surface area contributed by atoms with Crippen LogP contribution in [0.25, 0.3) is 0 Å². The molecular formula is C14H17NO2S. The molecule has 0 unspecified atom stereocenters. The summed E-state index contributed by atoms with van der Waals surface area (Å²) in [6, 6.07) is 7.48. The highest BCUT2D eigenvalue weighted by atomic mass is 32.1. The van der Waals surface area contributed by atoms with Crippen molar-refractivity contribution in [1.82, 2.24) is 4.98 Å². The van der Waals surface area contributed by atoms with E-state index in [1.165, 1.54) is 5.01 Å². The van der Waals surface area contributed by atoms with Crippen LogP contribution < -0.4 is 4.74 Å². The second kappa shape index (κ2) is 6.52. The summed E-state index contributed by atoms with van der Waals surface area (Å²) in [6.45, 7) is 2.67. The van der Waals surface area contributed by atoms with Crippen molar-refractivity contribution in [2.75, 3.05) is 0 Å². The fourth-order valence-corrected chi connectivity index (χ4v) is 2.52. The van der Waals surface area contributed by atoms with E-state index in [-0.39, 0.29) is 6.61 Å². The van der Waals surface area contributed by atoms with Crippen molar-refractivity contribution in [1.29, 1.82) is 0 Å². The average molecular weight is 263 g/mol. The predicted molar refractivity (Wildman–Crippen MR) is 72.8 cm³/mol. The number of thiazole rings is 1. The van der Waals surface area contributed by atoms with Crippen LogP contribution in [0.15, 0.2) is 29.6 Å². The highest BCUT2D eigenvalue weighted by Crippen LogP contribution is 2.17. The molecule has 18 heavy (non-hydrogen) atoms. The predicted octanol–water partition coefficient (Wildman–Crippen LogP) is 3.17. The minimum atomic E-state index is 0.0363. The van der Waals surface area contributed by atoms with Crippen LogP contribution in [0.3, 0.4) is 0 Å². The Morgan fingerprint density at radius 2 is 2.28 bits per heavy atom. The van der Waals surface area contributed by atoms with Gasteiger partial charge < -0.3 is 9.84 Å². The van der Waals surface area contributed by atoms with E-state index >= 15 is 0 Å². The topological polar surface area (TPSA) is 42.4 Å². The van der Waals surface area contributed by atoms with E-state index in [0.717, 1.165) is 29.8 Å². The van der Waals surface area contributed by atoms with Gasteiger partial charge in [-0.05, 0) is 30.5 Å². The van der Waals surface area contributed by atoms with E-state index in [1.54, 1.807) is 11.3 Å². The number of hydrogen-bond donors (Lipinski definition) is 1. The molecule has 0 aliphatic carbocycles. The van der Waals surface area contributed by atoms with Crippen LogP contribution in [0.2, 0.25) is 0 Å². The van der Waals surface area contributed by atoms with Gasteiger partial charge in [0.2, 0.25) is 0 Å². The lowest BCUT2D eigenvalue weighted by molar-refractivity contribution is 0.277. The molecule has 4 heteroatoms. The molecule has 0 aliphatic rings. The molecule has 1 heterocycles. The van der Waals surface area contributed by atoms with Crippen LogP contribution in [0, 0.1) is 0 Å². The first-order chi connectivity index (χ1) is 8.81. The maximum absolute atomic E-state index is 9.04. The fraction of sp³-hybridized carbons (Fsp3) is 0.357. The Balaban J connectivity index is 1.93. The maximum Gasteiger partial charge on any atom is 0.131 e. The second-order valence-corrected chi connectivity index (χ2v) is 5.02. The summed E-state index contributed by atoms with van der Waals surface area (Å²) in [5.74, 6) is 0.770. The van der Waals surface area contributed by atoms with Gasteiger partial charge in [-0.15, -0.1) is 11.3 Å². The monoisotopic (exact) mass is 263 g/mol. The van der Waals surface area contributed by atoms with E-state index in [0.29, 0.717) is 6.61 Å². The molecule has 0 spiro atoms. The Kier molecular flexibility index (Phi) is 4.73. The van der Waals surface area contributed by atoms with Gasteiger partial charge in [0.05, 0.1) is 17.3 Å². The SMILES string of the molecule is CCCc1nc(COc2cccc(CO)c2)cs1. The summed E-state index contributed by atoms with van der Waals surface area (Å²) < 4.78 is 5.66. The standard InChI is InChI=1S/C14H17NO2S/c1-2-4-14-15-12(10-18-14)9-17-13-6-3-5-11(7-13)8-16/h3,5-7,10,16H,2,4,8-9H2,1H3. The summed E-state index contributed by atoms with van der Waals surface area (Å²) in [5.41, 5.74) is 1.83. The summed E-state index contributed by atoms with van der Waals surface area (Å²) in [5, 5.41) is 12.3. The minimum Gasteiger partial charge on any atom is -0.487 e. The van der Waals surface area contributed by atoms with Gasteiger partial charge in [-0.2, -0.15) is 0 Å². The van der Waals surface area contributed by atoms with Gasteiger partial charge in [0, 0.05) is 5.38 Å². The summed E-state index contributed by atoms with van der Waals surface area (Å²) in [6.07, 6.45) is 2.15. The first-order valence-corrected chi connectivity index (χ1v) is 6.95. The third-order valence-corrected chi connectivity index (χ3v) is 3.49. The number of benzene rings is 1. The van der Waals surface area contributed by atoms with Crippen molar-refractivity contribution in [2.45, 2.75) is 33.0 Å². The number of hydrogen-bond acceptors (Lipinski definition) is 4. The summed E-state index contributed by atoms with van der Waals surface area (Å²) in [7, 11) is 0. The molecule has 0 fully saturated rings. The van der Waals surface area contributed by atoms with Crippen molar-refractivity contribution in [3.05, 3.63) is 45.9 Å². The molecule has 3 nitrogen and oxygen atoms in total. The van der Waals surface area contributed by atoms with Gasteiger partial charge in [-0.25, -0.2) is 4.98 Å². The fourth-order valence-electron chi connectivity index (χ4n) is 1.63. The lowest BCUT2D eigenvalue weighted by Gasteiger charge is -2.05. The molecule has 1 aromatic heterocycles. The Labute approximate surface area is 111 Å². The van der Waals surface area contributed by atoms with E-state index in [1.807, 2.05) is 29.6 Å². The maximum atomic E-state index is 9.04.